The molecule has 0 amide bonds. The first-order chi connectivity index (χ1) is 13.5. The van der Waals surface area contributed by atoms with Gasteiger partial charge in [-0.1, -0.05) is 16.8 Å². The molecule has 1 saturated heterocycles. The van der Waals surface area contributed by atoms with Gasteiger partial charge in [0.2, 0.25) is 0 Å². The van der Waals surface area contributed by atoms with Crippen LogP contribution in [0.4, 0.5) is 10.1 Å². The summed E-state index contributed by atoms with van der Waals surface area (Å²) in [6.07, 6.45) is 1.65. The van der Waals surface area contributed by atoms with Crippen molar-refractivity contribution in [3.8, 4) is 5.69 Å². The van der Waals surface area contributed by atoms with E-state index < -0.39 is 5.82 Å². The van der Waals surface area contributed by atoms with E-state index >= 15 is 0 Å². The average molecular weight is 405 g/mol. The summed E-state index contributed by atoms with van der Waals surface area (Å²) in [7, 11) is 0. The summed E-state index contributed by atoms with van der Waals surface area (Å²) in [5.74, 6) is -0.526. The van der Waals surface area contributed by atoms with Crippen LogP contribution >= 0.6 is 11.6 Å². The number of halogens is 2. The van der Waals surface area contributed by atoms with Gasteiger partial charge in [-0.3, -0.25) is 4.79 Å². The van der Waals surface area contributed by atoms with Gasteiger partial charge in [-0.15, -0.1) is 5.10 Å². The summed E-state index contributed by atoms with van der Waals surface area (Å²) in [5.41, 5.74) is 1.86. The first-order valence-electron chi connectivity index (χ1n) is 8.79. The van der Waals surface area contributed by atoms with Gasteiger partial charge in [-0.2, -0.15) is 5.10 Å². The Morgan fingerprint density at radius 3 is 2.75 bits per heavy atom. The van der Waals surface area contributed by atoms with E-state index in [1.165, 1.54) is 21.5 Å². The molecular weight excluding hydrogens is 387 g/mol. The van der Waals surface area contributed by atoms with Crippen LogP contribution in [0.5, 0.6) is 0 Å². The number of morpholine rings is 1. The molecule has 3 aromatic rings. The van der Waals surface area contributed by atoms with E-state index in [2.05, 4.69) is 20.3 Å². The fourth-order valence-corrected chi connectivity index (χ4v) is 3.24. The molecule has 0 aliphatic carbocycles. The number of aromatic nitrogens is 5. The summed E-state index contributed by atoms with van der Waals surface area (Å²) >= 11 is 5.83. The highest BCUT2D eigenvalue weighted by atomic mass is 35.5. The molecule has 2 aromatic heterocycles. The summed E-state index contributed by atoms with van der Waals surface area (Å²) in [4.78, 5) is 14.6. The van der Waals surface area contributed by atoms with Crippen LogP contribution in [0.2, 0.25) is 5.02 Å². The molecule has 0 bridgehead atoms. The first-order valence-corrected chi connectivity index (χ1v) is 9.17. The summed E-state index contributed by atoms with van der Waals surface area (Å²) < 4.78 is 22.3. The zero-order valence-electron chi connectivity index (χ0n) is 15.2. The highest BCUT2D eigenvalue weighted by molar-refractivity contribution is 6.30. The number of hydrogen-bond acceptors (Lipinski definition) is 6. The molecule has 0 unspecified atom stereocenters. The second kappa shape index (κ2) is 7.69. The Morgan fingerprint density at radius 1 is 1.25 bits per heavy atom. The number of ether oxygens (including phenoxy) is 1. The second-order valence-electron chi connectivity index (χ2n) is 6.44. The minimum atomic E-state index is -0.526. The highest BCUT2D eigenvalue weighted by Crippen LogP contribution is 2.20. The van der Waals surface area contributed by atoms with Crippen LogP contribution in [0.1, 0.15) is 11.4 Å². The third-order valence-corrected chi connectivity index (χ3v) is 4.86. The quantitative estimate of drug-likeness (QED) is 0.660. The van der Waals surface area contributed by atoms with Crippen molar-refractivity contribution in [3.63, 3.8) is 0 Å². The number of nitrogens with zero attached hydrogens (tertiary/aromatic N) is 6. The maximum Gasteiger partial charge on any atom is 0.269 e. The van der Waals surface area contributed by atoms with Gasteiger partial charge in [0.05, 0.1) is 43.0 Å². The molecule has 0 N–H and O–H groups in total. The highest BCUT2D eigenvalue weighted by Gasteiger charge is 2.17. The maximum atomic E-state index is 14.3. The minimum Gasteiger partial charge on any atom is -0.378 e. The first kappa shape index (κ1) is 18.6. The predicted octanol–water partition coefficient (Wildman–Crippen LogP) is 1.81. The molecule has 0 saturated carbocycles. The van der Waals surface area contributed by atoms with Gasteiger partial charge in [0.25, 0.3) is 5.56 Å². The average Bonchev–Trinajstić information content (AvgIpc) is 3.04. The minimum absolute atomic E-state index is 0.114. The molecule has 8 nitrogen and oxygen atoms in total. The van der Waals surface area contributed by atoms with Crippen molar-refractivity contribution >= 4 is 17.3 Å². The van der Waals surface area contributed by atoms with Crippen LogP contribution in [0.15, 0.2) is 35.3 Å². The molecule has 0 spiro atoms. The zero-order valence-corrected chi connectivity index (χ0v) is 15.9. The monoisotopic (exact) mass is 404 g/mol. The van der Waals surface area contributed by atoms with Crippen molar-refractivity contribution in [2.45, 2.75) is 13.5 Å². The van der Waals surface area contributed by atoms with Gasteiger partial charge in [0.1, 0.15) is 11.5 Å². The third-order valence-electron chi connectivity index (χ3n) is 4.63. The van der Waals surface area contributed by atoms with Crippen molar-refractivity contribution < 1.29 is 9.13 Å². The SMILES string of the molecule is Cc1nnn(-c2ccc(Cl)cc2F)c1Cn1ncc(N2CCOCC2)cc1=O. The van der Waals surface area contributed by atoms with E-state index in [0.29, 0.717) is 24.6 Å². The molecule has 146 valence electrons. The fraction of sp³-hybridized carbons (Fsp3) is 0.333. The molecule has 1 aliphatic rings. The molecular formula is C18H18ClFN6O2. The Balaban J connectivity index is 1.65. The molecule has 1 fully saturated rings. The smallest absolute Gasteiger partial charge is 0.269 e. The lowest BCUT2D eigenvalue weighted by Crippen LogP contribution is -2.37. The van der Waals surface area contributed by atoms with Gasteiger partial charge < -0.3 is 9.64 Å². The topological polar surface area (TPSA) is 78.1 Å². The van der Waals surface area contributed by atoms with Crippen LogP contribution in [0.3, 0.4) is 0 Å². The van der Waals surface area contributed by atoms with Crippen molar-refractivity contribution in [1.29, 1.82) is 0 Å². The second-order valence-corrected chi connectivity index (χ2v) is 6.87. The summed E-state index contributed by atoms with van der Waals surface area (Å²) in [5, 5.41) is 12.6. The van der Waals surface area contributed by atoms with Crippen molar-refractivity contribution in [2.24, 2.45) is 0 Å². The lowest BCUT2D eigenvalue weighted by molar-refractivity contribution is 0.122. The molecule has 1 aliphatic heterocycles. The van der Waals surface area contributed by atoms with Crippen LogP contribution in [0, 0.1) is 12.7 Å². The van der Waals surface area contributed by atoms with Gasteiger partial charge in [-0.05, 0) is 25.1 Å². The molecule has 3 heterocycles. The molecule has 10 heteroatoms. The van der Waals surface area contributed by atoms with Crippen LogP contribution in [-0.2, 0) is 11.3 Å². The number of benzene rings is 1. The number of anilines is 1. The predicted molar refractivity (Wildman–Crippen MR) is 102 cm³/mol. The van der Waals surface area contributed by atoms with Gasteiger partial charge in [-0.25, -0.2) is 13.8 Å². The van der Waals surface area contributed by atoms with Crippen molar-refractivity contribution in [2.75, 3.05) is 31.2 Å². The molecule has 0 atom stereocenters. The van der Waals surface area contributed by atoms with Gasteiger partial charge >= 0.3 is 0 Å². The standard InChI is InChI=1S/C18H18ClFN6O2/c1-12-17(26(23-22-12)16-3-2-13(19)8-15(16)20)11-25-18(27)9-14(10-21-25)24-4-6-28-7-5-24/h2-3,8-10H,4-7,11H2,1H3. The normalized spacial score (nSPS) is 14.5. The number of rotatable bonds is 4. The van der Waals surface area contributed by atoms with Crippen LogP contribution in [0.25, 0.3) is 5.69 Å². The molecule has 4 rings (SSSR count). The Labute approximate surface area is 165 Å². The van der Waals surface area contributed by atoms with Crippen molar-refractivity contribution in [3.05, 3.63) is 63.0 Å². The fourth-order valence-electron chi connectivity index (χ4n) is 3.08. The van der Waals surface area contributed by atoms with E-state index in [-0.39, 0.29) is 22.8 Å². The largest absolute Gasteiger partial charge is 0.378 e. The van der Waals surface area contributed by atoms with Crippen LogP contribution < -0.4 is 10.5 Å². The Bertz CT molecular complexity index is 1060. The van der Waals surface area contributed by atoms with Gasteiger partial charge in [0, 0.05) is 24.2 Å². The maximum absolute atomic E-state index is 14.3. The lowest BCUT2D eigenvalue weighted by atomic mass is 10.2. The molecule has 1 aromatic carbocycles. The van der Waals surface area contributed by atoms with E-state index in [0.717, 1.165) is 18.8 Å². The number of aryl methyl sites for hydroxylation is 1. The lowest BCUT2D eigenvalue weighted by Gasteiger charge is -2.28. The zero-order chi connectivity index (χ0) is 19.7. The Morgan fingerprint density at radius 2 is 2.04 bits per heavy atom. The van der Waals surface area contributed by atoms with E-state index in [4.69, 9.17) is 16.3 Å². The third kappa shape index (κ3) is 3.63. The summed E-state index contributed by atoms with van der Waals surface area (Å²) in [6, 6.07) is 5.85. The Kier molecular flexibility index (Phi) is 5.10. The van der Waals surface area contributed by atoms with E-state index in [1.54, 1.807) is 25.3 Å². The van der Waals surface area contributed by atoms with E-state index in [1.807, 2.05) is 0 Å². The Hall–Kier alpha value is -2.78. The van der Waals surface area contributed by atoms with Crippen LogP contribution in [-0.4, -0.2) is 51.1 Å². The molecule has 28 heavy (non-hydrogen) atoms. The summed E-state index contributed by atoms with van der Waals surface area (Å²) in [6.45, 7) is 4.55. The van der Waals surface area contributed by atoms with Gasteiger partial charge in [0.15, 0.2) is 0 Å². The molecule has 0 radical (unpaired) electrons. The van der Waals surface area contributed by atoms with Crippen molar-refractivity contribution in [1.82, 2.24) is 24.8 Å². The van der Waals surface area contributed by atoms with E-state index in [9.17, 15) is 9.18 Å². The number of hydrogen-bond donors (Lipinski definition) is 0.